The maximum atomic E-state index is 12.2. The van der Waals surface area contributed by atoms with Crippen LogP contribution >= 0.6 is 34.8 Å². The molecule has 1 aliphatic heterocycles. The number of aliphatic hydroxyl groups is 2. The second-order valence-electron chi connectivity index (χ2n) is 10.2. The second kappa shape index (κ2) is 14.2. The van der Waals surface area contributed by atoms with Crippen LogP contribution in [0.4, 0.5) is 11.6 Å². The maximum Gasteiger partial charge on any atom is 0.280 e. The van der Waals surface area contributed by atoms with Gasteiger partial charge in [0.1, 0.15) is 41.8 Å². The largest absolute Gasteiger partial charge is 0.756 e. The highest BCUT2D eigenvalue weighted by Crippen LogP contribution is 2.63. The topological polar surface area (TPSA) is 332 Å². The van der Waals surface area contributed by atoms with Crippen LogP contribution in [0.25, 0.3) is 11.2 Å². The molecule has 262 valence electrons. The Morgan fingerprint density at radius 2 is 1.71 bits per heavy atom. The number of hydrogen-bond acceptors (Lipinski definition) is 21. The van der Waals surface area contributed by atoms with Gasteiger partial charge in [-0.05, 0) is 6.92 Å². The summed E-state index contributed by atoms with van der Waals surface area (Å²) >= 11 is 1.27. The van der Waals surface area contributed by atoms with Crippen LogP contribution in [0.5, 0.6) is 0 Å². The first-order valence-electron chi connectivity index (χ1n) is 13.6. The molecule has 0 saturated carbocycles. The molecule has 1 fully saturated rings. The van der Waals surface area contributed by atoms with E-state index < -0.39 is 61.2 Å². The highest BCUT2D eigenvalue weighted by molar-refractivity contribution is 7.65. The highest BCUT2D eigenvalue weighted by Gasteiger charge is 2.45. The monoisotopic (exact) mass is 751 g/mol. The van der Waals surface area contributed by atoms with E-state index in [0.29, 0.717) is 28.6 Å². The number of anilines is 2. The number of aryl methyl sites for hydroxylation is 1. The summed E-state index contributed by atoms with van der Waals surface area (Å²) in [5, 5.41) is 20.9. The van der Waals surface area contributed by atoms with Crippen LogP contribution in [0, 0.1) is 13.8 Å². The molecule has 3 unspecified atom stereocenters. The zero-order valence-electron chi connectivity index (χ0n) is 24.9. The van der Waals surface area contributed by atoms with Gasteiger partial charge in [-0.25, -0.2) is 33.5 Å². The fourth-order valence-corrected chi connectivity index (χ4v) is 8.88. The summed E-state index contributed by atoms with van der Waals surface area (Å²) < 4.78 is 61.9. The van der Waals surface area contributed by atoms with Gasteiger partial charge in [0.25, 0.3) is 23.5 Å². The van der Waals surface area contributed by atoms with E-state index in [0.717, 1.165) is 12.0 Å². The third kappa shape index (κ3) is 8.47. The predicted octanol–water partition coefficient (Wildman–Crippen LogP) is -1.87. The van der Waals surface area contributed by atoms with Crippen molar-refractivity contribution in [1.82, 2.24) is 29.5 Å². The molecule has 0 amide bonds. The number of ether oxygens (including phenoxy) is 1. The first kappa shape index (κ1) is 36.4. The first-order chi connectivity index (χ1) is 22.5. The molecule has 0 aromatic carbocycles. The van der Waals surface area contributed by atoms with E-state index in [4.69, 9.17) is 16.2 Å². The minimum Gasteiger partial charge on any atom is -0.756 e. The van der Waals surface area contributed by atoms with Crippen molar-refractivity contribution >= 4 is 57.6 Å². The lowest BCUT2D eigenvalue weighted by Crippen LogP contribution is -2.35. The van der Waals surface area contributed by atoms with Gasteiger partial charge < -0.3 is 50.1 Å². The van der Waals surface area contributed by atoms with Gasteiger partial charge in [-0.1, -0.05) is 11.3 Å². The summed E-state index contributed by atoms with van der Waals surface area (Å²) in [6.45, 7) is 2.18. The molecule has 7 atom stereocenters. The molecule has 26 heteroatoms. The number of fused-ring (bicyclic) bond motifs is 1. The van der Waals surface area contributed by atoms with Crippen LogP contribution in [0.15, 0.2) is 24.4 Å². The standard InChI is InChI=1S/C22H30N9O13P3S/c1-11-15(48-10-30(11)6-13-5-25-12(2)29-19(13)23)3-4-40-45(34,35)43-47(38,39)44-46(36,37)41-7-14-17(32)18(33)22(42-14)31-9-28-16-20(24)26-8-27-21(16)31/h5,8-10,14,17-18,22,32-33H,3-4,6-7H2,1-2H3,(H6-,23,24,25,26,27,29,34,35,36,37,38,39)/p-2/t14-,17-,18-,22-/m1/s1. The van der Waals surface area contributed by atoms with Crippen molar-refractivity contribution in [2.75, 3.05) is 24.7 Å². The number of nitrogens with zero attached hydrogens (tertiary/aromatic N) is 7. The summed E-state index contributed by atoms with van der Waals surface area (Å²) in [6.07, 6.45) is -2.37. The molecule has 5 heterocycles. The number of aromatic nitrogens is 7. The van der Waals surface area contributed by atoms with Crippen LogP contribution in [-0.4, -0.2) is 71.2 Å². The van der Waals surface area contributed by atoms with Crippen molar-refractivity contribution in [1.29, 1.82) is 0 Å². The number of imidazole rings is 1. The van der Waals surface area contributed by atoms with Gasteiger partial charge in [-0.2, -0.15) is 4.57 Å². The summed E-state index contributed by atoms with van der Waals surface area (Å²) in [5.41, 5.74) is 15.1. The number of phosphoric ester groups is 2. The van der Waals surface area contributed by atoms with E-state index in [1.165, 1.54) is 22.2 Å². The van der Waals surface area contributed by atoms with Gasteiger partial charge in [0, 0.05) is 19.5 Å². The number of nitrogens with two attached hydrogens (primary N) is 2. The number of hydrogen-bond donors (Lipinski definition) is 4. The van der Waals surface area contributed by atoms with Crippen molar-refractivity contribution in [2.24, 2.45) is 0 Å². The second-order valence-corrected chi connectivity index (χ2v) is 15.6. The Bertz CT molecular complexity index is 1950. The molecule has 6 N–H and O–H groups in total. The Labute approximate surface area is 274 Å². The minimum atomic E-state index is -6.14. The van der Waals surface area contributed by atoms with Crippen molar-refractivity contribution < 1.29 is 65.6 Å². The lowest BCUT2D eigenvalue weighted by Gasteiger charge is -2.34. The predicted molar refractivity (Wildman–Crippen MR) is 156 cm³/mol. The molecule has 48 heavy (non-hydrogen) atoms. The van der Waals surface area contributed by atoms with E-state index in [1.807, 2.05) is 4.57 Å². The van der Waals surface area contributed by atoms with Crippen molar-refractivity contribution in [2.45, 2.75) is 51.4 Å². The molecule has 22 nitrogen and oxygen atoms in total. The normalized spacial score (nSPS) is 23.6. The van der Waals surface area contributed by atoms with E-state index >= 15 is 0 Å². The lowest BCUT2D eigenvalue weighted by molar-refractivity contribution is -0.689. The van der Waals surface area contributed by atoms with Gasteiger partial charge in [-0.3, -0.25) is 18.3 Å². The Morgan fingerprint density at radius 3 is 2.42 bits per heavy atom. The molecule has 1 aliphatic rings. The van der Waals surface area contributed by atoms with Crippen LogP contribution < -0.4 is 30.7 Å². The molecule has 0 spiro atoms. The van der Waals surface area contributed by atoms with Gasteiger partial charge in [0.2, 0.25) is 5.51 Å². The number of nitrogen functional groups attached to an aromatic ring is 2. The van der Waals surface area contributed by atoms with E-state index in [2.05, 4.69) is 42.6 Å². The molecule has 0 bridgehead atoms. The summed E-state index contributed by atoms with van der Waals surface area (Å²) in [7, 11) is -17.6. The lowest BCUT2D eigenvalue weighted by atomic mass is 10.1. The molecule has 0 radical (unpaired) electrons. The number of rotatable bonds is 14. The zero-order chi connectivity index (χ0) is 35.0. The van der Waals surface area contributed by atoms with E-state index in [1.54, 1.807) is 25.6 Å². The van der Waals surface area contributed by atoms with Crippen LogP contribution in [0.2, 0.25) is 0 Å². The van der Waals surface area contributed by atoms with Crippen LogP contribution in [0.3, 0.4) is 0 Å². The van der Waals surface area contributed by atoms with Crippen LogP contribution in [-0.2, 0) is 49.1 Å². The molecule has 5 rings (SSSR count). The van der Waals surface area contributed by atoms with Gasteiger partial charge in [0.15, 0.2) is 29.9 Å². The fourth-order valence-electron chi connectivity index (χ4n) is 4.54. The average molecular weight is 752 g/mol. The zero-order valence-corrected chi connectivity index (χ0v) is 28.4. The fraction of sp³-hybridized carbons (Fsp3) is 0.455. The smallest absolute Gasteiger partial charge is 0.280 e. The van der Waals surface area contributed by atoms with E-state index in [9.17, 15) is 38.6 Å². The molecular weight excluding hydrogens is 723 g/mol. The average Bonchev–Trinajstić information content (AvgIpc) is 3.64. The quantitative estimate of drug-likeness (QED) is 0.0809. The van der Waals surface area contributed by atoms with Crippen molar-refractivity contribution in [3.05, 3.63) is 46.3 Å². The van der Waals surface area contributed by atoms with Crippen LogP contribution in [0.1, 0.15) is 28.2 Å². The Morgan fingerprint density at radius 1 is 1.00 bits per heavy atom. The number of aliphatic hydroxyl groups excluding tert-OH is 2. The Hall–Kier alpha value is -2.85. The van der Waals surface area contributed by atoms with Crippen molar-refractivity contribution in [3.8, 4) is 0 Å². The first-order valence-corrected chi connectivity index (χ1v) is 18.9. The van der Waals surface area contributed by atoms with Gasteiger partial charge in [-0.15, -0.1) is 0 Å². The van der Waals surface area contributed by atoms with Gasteiger partial charge in [0.05, 0.1) is 30.0 Å². The summed E-state index contributed by atoms with van der Waals surface area (Å²) in [4.78, 5) is 57.3. The SMILES string of the molecule is Cc1ncc(C[n+]2csc(CCOP(=O)([O-])OP(=O)([O-])OP(=O)([O-])OC[C@H]3O[C@@H](n4cnc5c(N)ncnc54)[C@H](O)[C@@H]3O)c2C)c(N)n1. The number of phosphoric acid groups is 3. The van der Waals surface area contributed by atoms with E-state index in [-0.39, 0.29) is 23.4 Å². The Balaban J connectivity index is 1.11. The maximum absolute atomic E-state index is 12.2. The van der Waals surface area contributed by atoms with Crippen molar-refractivity contribution in [3.63, 3.8) is 0 Å². The molecule has 4 aromatic rings. The summed E-state index contributed by atoms with van der Waals surface area (Å²) in [5.74, 6) is 0.849. The Kier molecular flexibility index (Phi) is 10.8. The molecular formula is C22H28N9O13P3S-2. The highest BCUT2D eigenvalue weighted by atomic mass is 32.1. The molecule has 0 aliphatic carbocycles. The third-order valence-electron chi connectivity index (χ3n) is 6.89. The molecule has 4 aromatic heterocycles. The summed E-state index contributed by atoms with van der Waals surface area (Å²) in [6, 6.07) is 0. The number of thiazole rings is 1. The minimum absolute atomic E-state index is 0.0118. The third-order valence-corrected chi connectivity index (χ3v) is 12.2. The van der Waals surface area contributed by atoms with Gasteiger partial charge >= 0.3 is 0 Å². The molecule has 1 saturated heterocycles.